The second-order valence-electron chi connectivity index (χ2n) is 4.07. The van der Waals surface area contributed by atoms with Gasteiger partial charge in [-0.05, 0) is 25.0 Å². The van der Waals surface area contributed by atoms with Crippen LogP contribution in [-0.2, 0) is 19.6 Å². The van der Waals surface area contributed by atoms with E-state index < -0.39 is 14.9 Å². The van der Waals surface area contributed by atoms with Gasteiger partial charge in [-0.1, -0.05) is 4.89 Å². The Balaban J connectivity index is 3.07. The summed E-state index contributed by atoms with van der Waals surface area (Å²) < 4.78 is 28.8. The van der Waals surface area contributed by atoms with Gasteiger partial charge in [0, 0.05) is 19.2 Å². The van der Waals surface area contributed by atoms with Crippen molar-refractivity contribution in [2.24, 2.45) is 0 Å². The van der Waals surface area contributed by atoms with Crippen LogP contribution in [0.4, 0.5) is 5.69 Å². The number of non-ortho nitro benzene ring substituents is 1. The van der Waals surface area contributed by atoms with Crippen LogP contribution in [-0.4, -0.2) is 33.7 Å². The summed E-state index contributed by atoms with van der Waals surface area (Å²) in [6, 6.07) is 2.32. The van der Waals surface area contributed by atoms with E-state index in [0.717, 1.165) is 6.07 Å². The number of sulfonamides is 1. The second kappa shape index (κ2) is 6.75. The number of hydrogen-bond donors (Lipinski definition) is 1. The van der Waals surface area contributed by atoms with Crippen molar-refractivity contribution >= 4 is 15.7 Å². The minimum Gasteiger partial charge on any atom is -0.382 e. The van der Waals surface area contributed by atoms with Crippen LogP contribution in [0, 0.1) is 24.0 Å². The molecule has 0 fully saturated rings. The minimum atomic E-state index is -3.98. The van der Waals surface area contributed by atoms with Crippen LogP contribution >= 0.6 is 0 Å². The van der Waals surface area contributed by atoms with E-state index in [9.17, 15) is 18.5 Å². The molecule has 0 spiro atoms. The maximum absolute atomic E-state index is 12.0. The van der Waals surface area contributed by atoms with Crippen molar-refractivity contribution in [2.45, 2.75) is 18.7 Å². The Hall–Kier alpha value is -1.55. The number of rotatable bonds is 7. The first-order chi connectivity index (χ1) is 9.29. The van der Waals surface area contributed by atoms with Crippen LogP contribution in [0.2, 0.25) is 0 Å². The lowest BCUT2D eigenvalue weighted by molar-refractivity contribution is -0.385. The number of nitro benzene ring substituents is 1. The number of hydrogen-bond acceptors (Lipinski definition) is 6. The molecule has 0 bridgehead atoms. The summed E-state index contributed by atoms with van der Waals surface area (Å²) in [6.07, 6.45) is 0. The van der Waals surface area contributed by atoms with Gasteiger partial charge in [0.25, 0.3) is 15.7 Å². The van der Waals surface area contributed by atoms with Crippen molar-refractivity contribution in [3.8, 4) is 0 Å². The van der Waals surface area contributed by atoms with Gasteiger partial charge in [-0.2, -0.15) is 0 Å². The first-order valence-electron chi connectivity index (χ1n) is 5.67. The summed E-state index contributed by atoms with van der Waals surface area (Å²) in [4.78, 5) is 16.6. The number of nitrogens with zero attached hydrogens (tertiary/aromatic N) is 1. The van der Waals surface area contributed by atoms with E-state index in [-0.39, 0.29) is 23.8 Å². The summed E-state index contributed by atoms with van der Waals surface area (Å²) in [7, 11) is -2.53. The van der Waals surface area contributed by atoms with Gasteiger partial charge in [0.15, 0.2) is 0 Å². The van der Waals surface area contributed by atoms with Gasteiger partial charge in [-0.3, -0.25) is 15.0 Å². The van der Waals surface area contributed by atoms with E-state index >= 15 is 0 Å². The van der Waals surface area contributed by atoms with Crippen LogP contribution in [0.5, 0.6) is 0 Å². The van der Waals surface area contributed by atoms with Crippen LogP contribution in [0.15, 0.2) is 17.0 Å². The summed E-state index contributed by atoms with van der Waals surface area (Å²) in [5.74, 6) is 0. The van der Waals surface area contributed by atoms with E-state index in [2.05, 4.69) is 0 Å². The molecule has 1 N–H and O–H groups in total. The Morgan fingerprint density at radius 2 is 1.95 bits per heavy atom. The highest BCUT2D eigenvalue weighted by atomic mass is 32.2. The Morgan fingerprint density at radius 3 is 2.50 bits per heavy atom. The molecule has 20 heavy (non-hydrogen) atoms. The molecule has 1 aromatic carbocycles. The molecular formula is C11H16N2O6S. The number of ether oxygens (including phenoxy) is 1. The van der Waals surface area contributed by atoms with E-state index in [0.29, 0.717) is 11.1 Å². The monoisotopic (exact) mass is 304 g/mol. The molecule has 0 amide bonds. The van der Waals surface area contributed by atoms with Gasteiger partial charge < -0.3 is 4.74 Å². The molecule has 1 aromatic rings. The van der Waals surface area contributed by atoms with Crippen molar-refractivity contribution in [3.05, 3.63) is 33.4 Å². The molecule has 9 heteroatoms. The molecule has 112 valence electrons. The molecule has 1 rings (SSSR count). The summed E-state index contributed by atoms with van der Waals surface area (Å²) in [5.41, 5.74) is 0.653. The van der Waals surface area contributed by atoms with Gasteiger partial charge in [-0.15, -0.1) is 0 Å². The van der Waals surface area contributed by atoms with Crippen LogP contribution < -0.4 is 4.89 Å². The van der Waals surface area contributed by atoms with E-state index in [1.165, 1.54) is 13.2 Å². The average Bonchev–Trinajstić information content (AvgIpc) is 2.37. The van der Waals surface area contributed by atoms with Crippen LogP contribution in [0.3, 0.4) is 0 Å². The molecule has 0 heterocycles. The number of nitro groups is 1. The fourth-order valence-electron chi connectivity index (χ4n) is 1.48. The quantitative estimate of drug-likeness (QED) is 0.458. The lowest BCUT2D eigenvalue weighted by Crippen LogP contribution is -2.26. The molecule has 0 saturated carbocycles. The fraction of sp³-hybridized carbons (Fsp3) is 0.455. The summed E-state index contributed by atoms with van der Waals surface area (Å²) >= 11 is 0. The predicted octanol–water partition coefficient (Wildman–Crippen LogP) is 1.07. The Morgan fingerprint density at radius 1 is 1.30 bits per heavy atom. The standard InChI is InChI=1S/C11H16N2O6S/c1-8-6-10(13(14)15)7-11(9(8)2)20(16,17)12-19-5-4-18-3/h6-7,12H,4-5H2,1-3H3. The summed E-state index contributed by atoms with van der Waals surface area (Å²) in [5, 5.41) is 10.8. The Labute approximate surface area is 116 Å². The molecule has 0 aromatic heterocycles. The zero-order valence-electron chi connectivity index (χ0n) is 11.4. The first-order valence-corrected chi connectivity index (χ1v) is 7.16. The van der Waals surface area contributed by atoms with Gasteiger partial charge in [0.2, 0.25) is 0 Å². The third-order valence-corrected chi connectivity index (χ3v) is 4.00. The zero-order chi connectivity index (χ0) is 15.3. The van der Waals surface area contributed by atoms with Crippen molar-refractivity contribution in [3.63, 3.8) is 0 Å². The number of methoxy groups -OCH3 is 1. The Bertz CT molecular complexity index is 599. The highest BCUT2D eigenvalue weighted by Crippen LogP contribution is 2.25. The highest BCUT2D eigenvalue weighted by Gasteiger charge is 2.22. The molecule has 0 radical (unpaired) electrons. The zero-order valence-corrected chi connectivity index (χ0v) is 12.2. The molecule has 0 saturated heterocycles. The largest absolute Gasteiger partial charge is 0.382 e. The topological polar surface area (TPSA) is 108 Å². The molecule has 0 aliphatic heterocycles. The molecule has 0 aliphatic rings. The van der Waals surface area contributed by atoms with Crippen molar-refractivity contribution in [1.29, 1.82) is 0 Å². The first kappa shape index (κ1) is 16.5. The number of aryl methyl sites for hydroxylation is 1. The van der Waals surface area contributed by atoms with E-state index in [1.54, 1.807) is 13.8 Å². The number of nitrogens with one attached hydrogen (secondary N) is 1. The minimum absolute atomic E-state index is 0.0304. The molecular weight excluding hydrogens is 288 g/mol. The van der Waals surface area contributed by atoms with E-state index in [4.69, 9.17) is 9.57 Å². The third kappa shape index (κ3) is 3.97. The average molecular weight is 304 g/mol. The van der Waals surface area contributed by atoms with Crippen LogP contribution in [0.25, 0.3) is 0 Å². The lowest BCUT2D eigenvalue weighted by atomic mass is 10.1. The van der Waals surface area contributed by atoms with Gasteiger partial charge in [0.1, 0.15) is 0 Å². The SMILES string of the molecule is COCCONS(=O)(=O)c1cc([N+](=O)[O-])cc(C)c1C. The molecule has 8 nitrogen and oxygen atoms in total. The van der Waals surface area contributed by atoms with Gasteiger partial charge in [0.05, 0.1) is 23.0 Å². The van der Waals surface area contributed by atoms with Gasteiger partial charge >= 0.3 is 0 Å². The lowest BCUT2D eigenvalue weighted by Gasteiger charge is -2.11. The van der Waals surface area contributed by atoms with Gasteiger partial charge in [-0.25, -0.2) is 8.42 Å². The number of benzene rings is 1. The molecule has 0 unspecified atom stereocenters. The maximum Gasteiger partial charge on any atom is 0.271 e. The molecule has 0 atom stereocenters. The Kier molecular flexibility index (Phi) is 5.57. The fourth-order valence-corrected chi connectivity index (χ4v) is 2.65. The normalized spacial score (nSPS) is 11.6. The van der Waals surface area contributed by atoms with Crippen molar-refractivity contribution in [1.82, 2.24) is 4.89 Å². The summed E-state index contributed by atoms with van der Waals surface area (Å²) in [6.45, 7) is 3.42. The smallest absolute Gasteiger partial charge is 0.271 e. The predicted molar refractivity (Wildman–Crippen MR) is 70.7 cm³/mol. The van der Waals surface area contributed by atoms with Crippen LogP contribution in [0.1, 0.15) is 11.1 Å². The van der Waals surface area contributed by atoms with E-state index in [1.807, 2.05) is 4.89 Å². The maximum atomic E-state index is 12.0. The third-order valence-electron chi connectivity index (χ3n) is 2.66. The molecule has 0 aliphatic carbocycles. The van der Waals surface area contributed by atoms with Crippen molar-refractivity contribution in [2.75, 3.05) is 20.3 Å². The second-order valence-corrected chi connectivity index (χ2v) is 5.68. The highest BCUT2D eigenvalue weighted by molar-refractivity contribution is 7.89. The van der Waals surface area contributed by atoms with Crippen molar-refractivity contribution < 1.29 is 22.9 Å².